The Labute approximate surface area is 170 Å². The molecule has 1 amide bonds. The summed E-state index contributed by atoms with van der Waals surface area (Å²) in [6, 6.07) is 20.7. The van der Waals surface area contributed by atoms with Crippen LogP contribution in [0.3, 0.4) is 0 Å². The Morgan fingerprint density at radius 3 is 2.48 bits per heavy atom. The first-order chi connectivity index (χ1) is 13.9. The summed E-state index contributed by atoms with van der Waals surface area (Å²) in [6.45, 7) is 2.24. The number of ether oxygens (including phenoxy) is 1. The van der Waals surface area contributed by atoms with E-state index in [2.05, 4.69) is 4.72 Å². The maximum Gasteiger partial charge on any atom is 0.248 e. The Hall–Kier alpha value is -3.16. The number of carbonyl (C=O) groups excluding carboxylic acids is 1. The standard InChI is InChI=1S/C22H22N2O4S/c1-16-7-2-4-11-20(16)28-14-13-24-29(26,27)21-12-5-3-10-19(21)17-8-6-9-18(15-17)22(23)25/h2-12,15,24H,13-14H2,1H3,(H2,23,25). The number of benzene rings is 3. The van der Waals surface area contributed by atoms with E-state index in [9.17, 15) is 13.2 Å². The molecule has 0 radical (unpaired) electrons. The second-order valence-electron chi connectivity index (χ2n) is 6.45. The molecule has 0 aliphatic carbocycles. The maximum atomic E-state index is 12.9. The Bertz CT molecular complexity index is 1130. The third kappa shape index (κ3) is 5.01. The summed E-state index contributed by atoms with van der Waals surface area (Å²) in [5.74, 6) is 0.147. The van der Waals surface area contributed by atoms with E-state index in [1.807, 2.05) is 31.2 Å². The topological polar surface area (TPSA) is 98.5 Å². The molecule has 0 saturated carbocycles. The summed E-state index contributed by atoms with van der Waals surface area (Å²) >= 11 is 0. The highest BCUT2D eigenvalue weighted by Gasteiger charge is 2.19. The van der Waals surface area contributed by atoms with Gasteiger partial charge >= 0.3 is 0 Å². The van der Waals surface area contributed by atoms with Gasteiger partial charge in [0, 0.05) is 17.7 Å². The van der Waals surface area contributed by atoms with Crippen LogP contribution in [0.2, 0.25) is 0 Å². The van der Waals surface area contributed by atoms with Crippen LogP contribution in [-0.4, -0.2) is 27.5 Å². The van der Waals surface area contributed by atoms with Gasteiger partial charge in [-0.25, -0.2) is 13.1 Å². The molecule has 0 heterocycles. The van der Waals surface area contributed by atoms with Gasteiger partial charge in [-0.3, -0.25) is 4.79 Å². The van der Waals surface area contributed by atoms with Gasteiger partial charge in [0.2, 0.25) is 15.9 Å². The lowest BCUT2D eigenvalue weighted by Crippen LogP contribution is -2.28. The number of aryl methyl sites for hydroxylation is 1. The molecule has 3 rings (SSSR count). The zero-order valence-electron chi connectivity index (χ0n) is 16.0. The first-order valence-corrected chi connectivity index (χ1v) is 10.5. The van der Waals surface area contributed by atoms with Crippen LogP contribution in [0.4, 0.5) is 0 Å². The number of amides is 1. The van der Waals surface area contributed by atoms with Gasteiger partial charge in [0.1, 0.15) is 12.4 Å². The molecule has 29 heavy (non-hydrogen) atoms. The summed E-state index contributed by atoms with van der Waals surface area (Å²) in [6.07, 6.45) is 0. The van der Waals surface area contributed by atoms with Crippen molar-refractivity contribution in [2.75, 3.05) is 13.2 Å². The maximum absolute atomic E-state index is 12.9. The first-order valence-electron chi connectivity index (χ1n) is 9.06. The van der Waals surface area contributed by atoms with Crippen LogP contribution in [0.15, 0.2) is 77.7 Å². The Kier molecular flexibility index (Phi) is 6.31. The second-order valence-corrected chi connectivity index (χ2v) is 8.19. The molecule has 7 heteroatoms. The fourth-order valence-corrected chi connectivity index (χ4v) is 4.15. The molecule has 0 atom stereocenters. The number of hydrogen-bond acceptors (Lipinski definition) is 4. The summed E-state index contributed by atoms with van der Waals surface area (Å²) in [5, 5.41) is 0. The van der Waals surface area contributed by atoms with Gasteiger partial charge in [0.25, 0.3) is 0 Å². The van der Waals surface area contributed by atoms with E-state index in [0.29, 0.717) is 16.7 Å². The predicted octanol–water partition coefficient (Wildman–Crippen LogP) is 3.12. The number of para-hydroxylation sites is 1. The summed E-state index contributed by atoms with van der Waals surface area (Å²) < 4.78 is 33.9. The largest absolute Gasteiger partial charge is 0.492 e. The molecule has 150 valence electrons. The zero-order chi connectivity index (χ0) is 20.9. The van der Waals surface area contributed by atoms with E-state index >= 15 is 0 Å². The fraction of sp³-hybridized carbons (Fsp3) is 0.136. The van der Waals surface area contributed by atoms with E-state index in [1.165, 1.54) is 6.07 Å². The first kappa shape index (κ1) is 20.6. The van der Waals surface area contributed by atoms with Crippen molar-refractivity contribution >= 4 is 15.9 Å². The SMILES string of the molecule is Cc1ccccc1OCCNS(=O)(=O)c1ccccc1-c1cccc(C(N)=O)c1. The average Bonchev–Trinajstić information content (AvgIpc) is 2.72. The molecule has 0 unspecified atom stereocenters. The van der Waals surface area contributed by atoms with Crippen molar-refractivity contribution in [3.8, 4) is 16.9 Å². The minimum absolute atomic E-state index is 0.117. The van der Waals surface area contributed by atoms with Crippen molar-refractivity contribution in [1.82, 2.24) is 4.72 Å². The van der Waals surface area contributed by atoms with Gasteiger partial charge in [-0.05, 0) is 42.3 Å². The van der Waals surface area contributed by atoms with E-state index in [4.69, 9.17) is 10.5 Å². The lowest BCUT2D eigenvalue weighted by Gasteiger charge is -2.13. The molecule has 0 spiro atoms. The monoisotopic (exact) mass is 410 g/mol. The molecule has 0 fully saturated rings. The molecule has 0 saturated heterocycles. The van der Waals surface area contributed by atoms with Gasteiger partial charge in [0.05, 0.1) is 4.90 Å². The second kappa shape index (κ2) is 8.89. The third-order valence-electron chi connectivity index (χ3n) is 4.38. The number of sulfonamides is 1. The third-order valence-corrected chi connectivity index (χ3v) is 5.90. The fourth-order valence-electron chi connectivity index (χ4n) is 2.91. The van der Waals surface area contributed by atoms with Crippen LogP contribution in [0, 0.1) is 6.92 Å². The number of rotatable bonds is 8. The highest BCUT2D eigenvalue weighted by molar-refractivity contribution is 7.89. The minimum Gasteiger partial charge on any atom is -0.492 e. The molecule has 0 aliphatic rings. The van der Waals surface area contributed by atoms with Gasteiger partial charge in [-0.2, -0.15) is 0 Å². The average molecular weight is 410 g/mol. The van der Waals surface area contributed by atoms with Crippen LogP contribution in [0.1, 0.15) is 15.9 Å². The van der Waals surface area contributed by atoms with Crippen molar-refractivity contribution in [2.45, 2.75) is 11.8 Å². The number of nitrogens with one attached hydrogen (secondary N) is 1. The molecule has 0 bridgehead atoms. The lowest BCUT2D eigenvalue weighted by molar-refractivity contribution is 0.100. The highest BCUT2D eigenvalue weighted by Crippen LogP contribution is 2.27. The summed E-state index contributed by atoms with van der Waals surface area (Å²) in [5.41, 5.74) is 7.72. The summed E-state index contributed by atoms with van der Waals surface area (Å²) in [7, 11) is -3.78. The van der Waals surface area contributed by atoms with Crippen molar-refractivity contribution < 1.29 is 17.9 Å². The zero-order valence-corrected chi connectivity index (χ0v) is 16.8. The lowest BCUT2D eigenvalue weighted by atomic mass is 10.0. The molecule has 6 nitrogen and oxygen atoms in total. The van der Waals surface area contributed by atoms with Crippen molar-refractivity contribution in [2.24, 2.45) is 5.73 Å². The molecule has 3 aromatic rings. The Morgan fingerprint density at radius 1 is 1.00 bits per heavy atom. The van der Waals surface area contributed by atoms with Gasteiger partial charge in [-0.1, -0.05) is 48.5 Å². The van der Waals surface area contributed by atoms with E-state index in [-0.39, 0.29) is 18.0 Å². The van der Waals surface area contributed by atoms with E-state index < -0.39 is 15.9 Å². The van der Waals surface area contributed by atoms with Crippen LogP contribution in [0.5, 0.6) is 5.75 Å². The van der Waals surface area contributed by atoms with Gasteiger partial charge in [-0.15, -0.1) is 0 Å². The predicted molar refractivity (Wildman–Crippen MR) is 112 cm³/mol. The molecule has 0 aliphatic heterocycles. The molecule has 0 aromatic heterocycles. The number of hydrogen-bond donors (Lipinski definition) is 2. The Balaban J connectivity index is 1.77. The van der Waals surface area contributed by atoms with Crippen molar-refractivity contribution in [3.63, 3.8) is 0 Å². The van der Waals surface area contributed by atoms with Crippen LogP contribution >= 0.6 is 0 Å². The van der Waals surface area contributed by atoms with Gasteiger partial charge < -0.3 is 10.5 Å². The summed E-state index contributed by atoms with van der Waals surface area (Å²) in [4.78, 5) is 11.6. The number of primary amides is 1. The van der Waals surface area contributed by atoms with Crippen molar-refractivity contribution in [1.29, 1.82) is 0 Å². The smallest absolute Gasteiger partial charge is 0.248 e. The number of nitrogens with two attached hydrogens (primary N) is 1. The number of carbonyl (C=O) groups is 1. The molecule has 3 aromatic carbocycles. The quantitative estimate of drug-likeness (QED) is 0.558. The van der Waals surface area contributed by atoms with E-state index in [1.54, 1.807) is 42.5 Å². The van der Waals surface area contributed by atoms with Gasteiger partial charge in [0.15, 0.2) is 0 Å². The van der Waals surface area contributed by atoms with Crippen LogP contribution < -0.4 is 15.2 Å². The van der Waals surface area contributed by atoms with Crippen molar-refractivity contribution in [3.05, 3.63) is 83.9 Å². The van der Waals surface area contributed by atoms with Crippen LogP contribution in [-0.2, 0) is 10.0 Å². The Morgan fingerprint density at radius 2 is 1.72 bits per heavy atom. The normalized spacial score (nSPS) is 11.2. The molecule has 3 N–H and O–H groups in total. The molecular formula is C22H22N2O4S. The minimum atomic E-state index is -3.78. The van der Waals surface area contributed by atoms with Crippen LogP contribution in [0.25, 0.3) is 11.1 Å². The molecular weight excluding hydrogens is 388 g/mol. The van der Waals surface area contributed by atoms with E-state index in [0.717, 1.165) is 11.3 Å². The highest BCUT2D eigenvalue weighted by atomic mass is 32.2.